The third-order valence-corrected chi connectivity index (χ3v) is 1.79. The number of nitrogens with zero attached hydrogens (tertiary/aromatic N) is 1. The van der Waals surface area contributed by atoms with Crippen molar-refractivity contribution >= 4 is 6.21 Å². The van der Waals surface area contributed by atoms with Gasteiger partial charge < -0.3 is 0 Å². The molecule has 2 atom stereocenters. The van der Waals surface area contributed by atoms with Crippen molar-refractivity contribution in [3.05, 3.63) is 0 Å². The number of aliphatic imine (C=N–C) groups is 1. The van der Waals surface area contributed by atoms with Crippen molar-refractivity contribution in [2.75, 3.05) is 0 Å². The van der Waals surface area contributed by atoms with Crippen LogP contribution in [-0.4, -0.2) is 18.4 Å². The first kappa shape index (κ1) is 8.56. The molecule has 0 amide bonds. The summed E-state index contributed by atoms with van der Waals surface area (Å²) in [5.41, 5.74) is 0. The fourth-order valence-corrected chi connectivity index (χ4v) is 1.07. The molecule has 0 spiro atoms. The first-order valence-electron chi connectivity index (χ1n) is 3.60. The van der Waals surface area contributed by atoms with E-state index in [1.54, 1.807) is 0 Å². The molecular weight excluding hydrogens is 155 g/mol. The van der Waals surface area contributed by atoms with Gasteiger partial charge in [0, 0.05) is 6.21 Å². The van der Waals surface area contributed by atoms with Crippen molar-refractivity contribution < 1.29 is 13.2 Å². The van der Waals surface area contributed by atoms with Crippen LogP contribution in [0.2, 0.25) is 0 Å². The van der Waals surface area contributed by atoms with Gasteiger partial charge in [-0.15, -0.1) is 0 Å². The van der Waals surface area contributed by atoms with E-state index in [2.05, 4.69) is 4.99 Å². The minimum absolute atomic E-state index is 0.140. The van der Waals surface area contributed by atoms with Crippen LogP contribution in [0.25, 0.3) is 0 Å². The Morgan fingerprint density at radius 1 is 1.36 bits per heavy atom. The minimum atomic E-state index is -4.14. The average molecular weight is 165 g/mol. The van der Waals surface area contributed by atoms with E-state index in [1.165, 1.54) is 6.21 Å². The van der Waals surface area contributed by atoms with Crippen molar-refractivity contribution in [2.24, 2.45) is 10.9 Å². The Kier molecular flexibility index (Phi) is 2.20. The molecule has 4 heteroatoms. The van der Waals surface area contributed by atoms with E-state index in [-0.39, 0.29) is 12.3 Å². The molecule has 0 aromatic carbocycles. The maximum Gasteiger partial charge on any atom is 0.410 e. The maximum atomic E-state index is 12.0. The zero-order chi connectivity index (χ0) is 8.48. The Bertz CT molecular complexity index is 162. The second-order valence-corrected chi connectivity index (χ2v) is 2.91. The molecule has 0 saturated heterocycles. The van der Waals surface area contributed by atoms with Crippen LogP contribution >= 0.6 is 0 Å². The molecular formula is C7H10F3N. The van der Waals surface area contributed by atoms with Gasteiger partial charge in [0.2, 0.25) is 0 Å². The fourth-order valence-electron chi connectivity index (χ4n) is 1.07. The molecule has 0 aromatic rings. The monoisotopic (exact) mass is 165 g/mol. The lowest BCUT2D eigenvalue weighted by atomic mass is 9.99. The Labute approximate surface area is 63.3 Å². The summed E-state index contributed by atoms with van der Waals surface area (Å²) >= 11 is 0. The molecule has 0 aliphatic carbocycles. The zero-order valence-corrected chi connectivity index (χ0v) is 6.23. The van der Waals surface area contributed by atoms with E-state index in [9.17, 15) is 13.2 Å². The summed E-state index contributed by atoms with van der Waals surface area (Å²) in [5.74, 6) is 0.202. The van der Waals surface area contributed by atoms with Gasteiger partial charge in [0.25, 0.3) is 0 Å². The Morgan fingerprint density at radius 2 is 2.00 bits per heavy atom. The highest BCUT2D eigenvalue weighted by atomic mass is 19.4. The van der Waals surface area contributed by atoms with Crippen LogP contribution in [0.15, 0.2) is 4.99 Å². The highest BCUT2D eigenvalue weighted by Gasteiger charge is 2.40. The third kappa shape index (κ3) is 2.20. The van der Waals surface area contributed by atoms with Crippen LogP contribution in [0, 0.1) is 5.92 Å². The van der Waals surface area contributed by atoms with Crippen LogP contribution in [0.5, 0.6) is 0 Å². The minimum Gasteiger partial charge on any atom is -0.284 e. The van der Waals surface area contributed by atoms with Crippen LogP contribution in [0.3, 0.4) is 0 Å². The number of rotatable bonds is 0. The predicted molar refractivity (Wildman–Crippen MR) is 36.7 cm³/mol. The van der Waals surface area contributed by atoms with Crippen LogP contribution in [0.1, 0.15) is 19.8 Å². The highest BCUT2D eigenvalue weighted by molar-refractivity contribution is 5.61. The predicted octanol–water partition coefficient (Wildman–Crippen LogP) is 2.42. The molecule has 0 N–H and O–H groups in total. The molecule has 11 heavy (non-hydrogen) atoms. The van der Waals surface area contributed by atoms with Crippen molar-refractivity contribution in [2.45, 2.75) is 32.0 Å². The van der Waals surface area contributed by atoms with Gasteiger partial charge in [-0.3, -0.25) is 4.99 Å². The summed E-state index contributed by atoms with van der Waals surface area (Å²) in [6.07, 6.45) is -2.01. The van der Waals surface area contributed by atoms with Gasteiger partial charge in [-0.05, 0) is 18.8 Å². The summed E-state index contributed by atoms with van der Waals surface area (Å²) in [5, 5.41) is 0. The van der Waals surface area contributed by atoms with Crippen molar-refractivity contribution in [3.63, 3.8) is 0 Å². The van der Waals surface area contributed by atoms with E-state index in [4.69, 9.17) is 0 Å². The summed E-state index contributed by atoms with van der Waals surface area (Å²) in [6.45, 7) is 1.87. The van der Waals surface area contributed by atoms with E-state index in [1.807, 2.05) is 6.92 Å². The van der Waals surface area contributed by atoms with Gasteiger partial charge in [-0.25, -0.2) is 0 Å². The summed E-state index contributed by atoms with van der Waals surface area (Å²) in [4.78, 5) is 3.43. The van der Waals surface area contributed by atoms with Crippen molar-refractivity contribution in [1.82, 2.24) is 0 Å². The fraction of sp³-hybridized carbons (Fsp3) is 0.857. The third-order valence-electron chi connectivity index (χ3n) is 1.79. The lowest BCUT2D eigenvalue weighted by Gasteiger charge is -2.21. The first-order chi connectivity index (χ1) is 5.00. The molecule has 1 aliphatic rings. The summed E-state index contributed by atoms with van der Waals surface area (Å²) in [7, 11) is 0. The molecule has 0 bridgehead atoms. The lowest BCUT2D eigenvalue weighted by Crippen LogP contribution is -2.30. The molecule has 0 radical (unpaired) electrons. The number of halogens is 3. The first-order valence-corrected chi connectivity index (χ1v) is 3.60. The largest absolute Gasteiger partial charge is 0.410 e. The van der Waals surface area contributed by atoms with Gasteiger partial charge in [0.05, 0.1) is 0 Å². The van der Waals surface area contributed by atoms with Crippen LogP contribution in [-0.2, 0) is 0 Å². The van der Waals surface area contributed by atoms with Gasteiger partial charge in [0.1, 0.15) is 6.04 Å². The summed E-state index contributed by atoms with van der Waals surface area (Å²) < 4.78 is 35.9. The molecule has 1 heterocycles. The highest BCUT2D eigenvalue weighted by Crippen LogP contribution is 2.29. The van der Waals surface area contributed by atoms with Gasteiger partial charge >= 0.3 is 6.18 Å². The molecule has 0 aromatic heterocycles. The molecule has 0 fully saturated rings. The molecule has 2 unspecified atom stereocenters. The SMILES string of the molecule is CC1C=NC(C(F)(F)F)CC1. The normalized spacial score (nSPS) is 32.4. The summed E-state index contributed by atoms with van der Waals surface area (Å²) in [6, 6.07) is -1.45. The van der Waals surface area contributed by atoms with Gasteiger partial charge in [-0.2, -0.15) is 13.2 Å². The quantitative estimate of drug-likeness (QED) is 0.522. The van der Waals surface area contributed by atoms with E-state index in [0.717, 1.165) is 0 Å². The molecule has 1 aliphatic heterocycles. The smallest absolute Gasteiger partial charge is 0.284 e. The van der Waals surface area contributed by atoms with Gasteiger partial charge in [0.15, 0.2) is 0 Å². The van der Waals surface area contributed by atoms with E-state index < -0.39 is 12.2 Å². The molecule has 1 rings (SSSR count). The van der Waals surface area contributed by atoms with Crippen LogP contribution < -0.4 is 0 Å². The maximum absolute atomic E-state index is 12.0. The van der Waals surface area contributed by atoms with Crippen molar-refractivity contribution in [3.8, 4) is 0 Å². The Morgan fingerprint density at radius 3 is 2.36 bits per heavy atom. The topological polar surface area (TPSA) is 12.4 Å². The lowest BCUT2D eigenvalue weighted by molar-refractivity contribution is -0.149. The van der Waals surface area contributed by atoms with Gasteiger partial charge in [-0.1, -0.05) is 6.92 Å². The van der Waals surface area contributed by atoms with Crippen molar-refractivity contribution in [1.29, 1.82) is 0 Å². The number of hydrogen-bond acceptors (Lipinski definition) is 1. The average Bonchev–Trinajstić information content (AvgIpc) is 1.86. The number of alkyl halides is 3. The molecule has 1 nitrogen and oxygen atoms in total. The second kappa shape index (κ2) is 2.83. The molecule has 64 valence electrons. The Balaban J connectivity index is 2.57. The van der Waals surface area contributed by atoms with E-state index in [0.29, 0.717) is 6.42 Å². The standard InChI is InChI=1S/C7H10F3N/c1-5-2-3-6(11-4-5)7(8,9)10/h4-6H,2-3H2,1H3. The molecule has 0 saturated carbocycles. The zero-order valence-electron chi connectivity index (χ0n) is 6.23. The second-order valence-electron chi connectivity index (χ2n) is 2.91. The Hall–Kier alpha value is -0.540. The van der Waals surface area contributed by atoms with Crippen LogP contribution in [0.4, 0.5) is 13.2 Å². The number of hydrogen-bond donors (Lipinski definition) is 0. The van der Waals surface area contributed by atoms with E-state index >= 15 is 0 Å².